The maximum Gasteiger partial charge on any atom is 0.274 e. The van der Waals surface area contributed by atoms with Gasteiger partial charge < -0.3 is 15.4 Å². The molecular weight excluding hydrogens is 342 g/mol. The average molecular weight is 365 g/mol. The van der Waals surface area contributed by atoms with Gasteiger partial charge >= 0.3 is 0 Å². The Kier molecular flexibility index (Phi) is 4.77. The Labute approximate surface area is 157 Å². The van der Waals surface area contributed by atoms with E-state index in [-0.39, 0.29) is 5.91 Å². The van der Waals surface area contributed by atoms with Crippen LogP contribution in [0, 0.1) is 6.92 Å². The molecule has 1 saturated heterocycles. The number of amides is 1. The van der Waals surface area contributed by atoms with Crippen molar-refractivity contribution in [3.8, 4) is 5.75 Å². The lowest BCUT2D eigenvalue weighted by atomic mass is 10.1. The molecule has 1 aliphatic heterocycles. The highest BCUT2D eigenvalue weighted by molar-refractivity contribution is 6.05. The van der Waals surface area contributed by atoms with Crippen molar-refractivity contribution in [2.75, 3.05) is 25.5 Å². The predicted octanol–water partition coefficient (Wildman–Crippen LogP) is 2.93. The number of piperidine rings is 1. The summed E-state index contributed by atoms with van der Waals surface area (Å²) in [5.74, 6) is 0.321. The molecule has 27 heavy (non-hydrogen) atoms. The Bertz CT molecular complexity index is 976. The summed E-state index contributed by atoms with van der Waals surface area (Å²) in [6.07, 6.45) is 4.17. The minimum Gasteiger partial charge on any atom is -0.494 e. The highest BCUT2D eigenvalue weighted by atomic mass is 16.5. The lowest BCUT2D eigenvalue weighted by Crippen LogP contribution is -2.29. The van der Waals surface area contributed by atoms with Crippen molar-refractivity contribution in [2.24, 2.45) is 0 Å². The Balaban J connectivity index is 1.64. The van der Waals surface area contributed by atoms with Crippen LogP contribution in [-0.4, -0.2) is 40.9 Å². The Hall–Kier alpha value is -2.93. The standard InChI is InChI=1S/C20H23N5O2/c1-13-4-3-5-16(22-13)20(26)23-18-10-14-12-25(15-6-8-21-9-7-15)24-17(14)11-19(18)27-2/h3-5,10-12,15,21H,6-9H2,1-2H3,(H,23,26). The summed E-state index contributed by atoms with van der Waals surface area (Å²) in [6.45, 7) is 3.88. The van der Waals surface area contributed by atoms with Gasteiger partial charge in [-0.25, -0.2) is 4.98 Å². The van der Waals surface area contributed by atoms with Crippen molar-refractivity contribution in [2.45, 2.75) is 25.8 Å². The third-order valence-electron chi connectivity index (χ3n) is 4.90. The number of hydrogen-bond acceptors (Lipinski definition) is 5. The zero-order valence-corrected chi connectivity index (χ0v) is 15.5. The van der Waals surface area contributed by atoms with Gasteiger partial charge in [0.05, 0.1) is 24.4 Å². The van der Waals surface area contributed by atoms with Crippen molar-refractivity contribution in [1.82, 2.24) is 20.1 Å². The number of rotatable bonds is 4. The number of hydrogen-bond donors (Lipinski definition) is 2. The Morgan fingerprint density at radius 2 is 2.11 bits per heavy atom. The normalized spacial score (nSPS) is 15.0. The average Bonchev–Trinajstić information content (AvgIpc) is 3.11. The second kappa shape index (κ2) is 7.36. The van der Waals surface area contributed by atoms with Gasteiger partial charge in [0.25, 0.3) is 5.91 Å². The van der Waals surface area contributed by atoms with E-state index in [1.807, 2.05) is 42.1 Å². The summed E-state index contributed by atoms with van der Waals surface area (Å²) in [5, 5.41) is 12.0. The van der Waals surface area contributed by atoms with Gasteiger partial charge in [0, 0.05) is 23.3 Å². The maximum atomic E-state index is 12.6. The van der Waals surface area contributed by atoms with Crippen molar-refractivity contribution in [3.63, 3.8) is 0 Å². The van der Waals surface area contributed by atoms with Gasteiger partial charge in [0.15, 0.2) is 0 Å². The van der Waals surface area contributed by atoms with E-state index in [0.717, 1.165) is 42.5 Å². The van der Waals surface area contributed by atoms with Crippen molar-refractivity contribution in [3.05, 3.63) is 47.9 Å². The van der Waals surface area contributed by atoms with Gasteiger partial charge in [-0.2, -0.15) is 5.10 Å². The van der Waals surface area contributed by atoms with Crippen molar-refractivity contribution < 1.29 is 9.53 Å². The summed E-state index contributed by atoms with van der Waals surface area (Å²) < 4.78 is 7.51. The quantitative estimate of drug-likeness (QED) is 0.743. The van der Waals surface area contributed by atoms with Crippen LogP contribution in [0.25, 0.3) is 10.9 Å². The first-order valence-corrected chi connectivity index (χ1v) is 9.16. The van der Waals surface area contributed by atoms with Crippen LogP contribution in [0.4, 0.5) is 5.69 Å². The first kappa shape index (κ1) is 17.5. The third kappa shape index (κ3) is 3.64. The number of aryl methyl sites for hydroxylation is 1. The highest BCUT2D eigenvalue weighted by Crippen LogP contribution is 2.31. The molecule has 7 nitrogen and oxygen atoms in total. The number of methoxy groups -OCH3 is 1. The number of aromatic nitrogens is 3. The molecule has 2 N–H and O–H groups in total. The van der Waals surface area contributed by atoms with E-state index in [9.17, 15) is 4.79 Å². The molecule has 0 bridgehead atoms. The van der Waals surface area contributed by atoms with Gasteiger partial charge in [-0.1, -0.05) is 6.07 Å². The largest absolute Gasteiger partial charge is 0.494 e. The van der Waals surface area contributed by atoms with Crippen LogP contribution in [0.3, 0.4) is 0 Å². The summed E-state index contributed by atoms with van der Waals surface area (Å²) in [4.78, 5) is 16.8. The van der Waals surface area contributed by atoms with Gasteiger partial charge in [-0.05, 0) is 51.1 Å². The molecule has 0 spiro atoms. The monoisotopic (exact) mass is 365 g/mol. The van der Waals surface area contributed by atoms with Crippen LogP contribution in [-0.2, 0) is 0 Å². The molecule has 1 aromatic carbocycles. The molecule has 1 fully saturated rings. The molecule has 3 aromatic rings. The number of nitrogens with one attached hydrogen (secondary N) is 2. The fraction of sp³-hybridized carbons (Fsp3) is 0.350. The number of anilines is 1. The number of ether oxygens (including phenoxy) is 1. The van der Waals surface area contributed by atoms with E-state index in [0.29, 0.717) is 23.2 Å². The highest BCUT2D eigenvalue weighted by Gasteiger charge is 2.18. The smallest absolute Gasteiger partial charge is 0.274 e. The topological polar surface area (TPSA) is 81.1 Å². The van der Waals surface area contributed by atoms with E-state index in [1.54, 1.807) is 13.2 Å². The van der Waals surface area contributed by atoms with Gasteiger partial charge in [0.2, 0.25) is 0 Å². The molecule has 3 heterocycles. The second-order valence-electron chi connectivity index (χ2n) is 6.82. The molecule has 0 unspecified atom stereocenters. The number of pyridine rings is 1. The van der Waals surface area contributed by atoms with E-state index in [4.69, 9.17) is 9.84 Å². The fourth-order valence-electron chi connectivity index (χ4n) is 3.45. The summed E-state index contributed by atoms with van der Waals surface area (Å²) in [7, 11) is 1.59. The van der Waals surface area contributed by atoms with E-state index >= 15 is 0 Å². The fourth-order valence-corrected chi connectivity index (χ4v) is 3.45. The molecule has 0 saturated carbocycles. The number of nitrogens with zero attached hydrogens (tertiary/aromatic N) is 3. The van der Waals surface area contributed by atoms with Crippen molar-refractivity contribution in [1.29, 1.82) is 0 Å². The minimum atomic E-state index is -0.262. The lowest BCUT2D eigenvalue weighted by Gasteiger charge is -2.22. The second-order valence-corrected chi connectivity index (χ2v) is 6.82. The van der Waals surface area contributed by atoms with E-state index < -0.39 is 0 Å². The minimum absolute atomic E-state index is 0.262. The predicted molar refractivity (Wildman–Crippen MR) is 104 cm³/mol. The summed E-state index contributed by atoms with van der Waals surface area (Å²) in [6, 6.07) is 9.56. The van der Waals surface area contributed by atoms with Crippen LogP contribution in [0.2, 0.25) is 0 Å². The van der Waals surface area contributed by atoms with Crippen LogP contribution < -0.4 is 15.4 Å². The molecule has 7 heteroatoms. The van der Waals surface area contributed by atoms with E-state index in [1.165, 1.54) is 0 Å². The number of benzene rings is 1. The van der Waals surface area contributed by atoms with Gasteiger partial charge in [-0.3, -0.25) is 9.48 Å². The van der Waals surface area contributed by atoms with Gasteiger partial charge in [0.1, 0.15) is 11.4 Å². The molecule has 0 radical (unpaired) electrons. The number of carbonyl (C=O) groups is 1. The lowest BCUT2D eigenvalue weighted by molar-refractivity contribution is 0.102. The van der Waals surface area contributed by atoms with Gasteiger partial charge in [-0.15, -0.1) is 0 Å². The Morgan fingerprint density at radius 3 is 2.85 bits per heavy atom. The molecule has 0 aliphatic carbocycles. The molecule has 140 valence electrons. The van der Waals surface area contributed by atoms with E-state index in [2.05, 4.69) is 15.6 Å². The molecule has 4 rings (SSSR count). The third-order valence-corrected chi connectivity index (χ3v) is 4.90. The van der Waals surface area contributed by atoms with Crippen LogP contribution in [0.1, 0.15) is 35.1 Å². The number of carbonyl (C=O) groups excluding carboxylic acids is 1. The molecule has 1 amide bonds. The van der Waals surface area contributed by atoms with Crippen LogP contribution in [0.15, 0.2) is 36.5 Å². The number of fused-ring (bicyclic) bond motifs is 1. The van der Waals surface area contributed by atoms with Crippen molar-refractivity contribution >= 4 is 22.5 Å². The molecule has 0 atom stereocenters. The first-order valence-electron chi connectivity index (χ1n) is 9.16. The zero-order valence-electron chi connectivity index (χ0n) is 15.5. The zero-order chi connectivity index (χ0) is 18.8. The molecule has 1 aliphatic rings. The molecular formula is C20H23N5O2. The SMILES string of the molecule is COc1cc2nn(C3CCNCC3)cc2cc1NC(=O)c1cccc(C)n1. The van der Waals surface area contributed by atoms with Crippen LogP contribution in [0.5, 0.6) is 5.75 Å². The Morgan fingerprint density at radius 1 is 1.30 bits per heavy atom. The first-order chi connectivity index (χ1) is 13.1. The summed E-state index contributed by atoms with van der Waals surface area (Å²) >= 11 is 0. The van der Waals surface area contributed by atoms with Crippen LogP contribution >= 0.6 is 0 Å². The summed E-state index contributed by atoms with van der Waals surface area (Å²) in [5.41, 5.74) is 2.65. The maximum absolute atomic E-state index is 12.6. The molecule has 2 aromatic heterocycles.